The molecule has 2 fully saturated rings. The maximum absolute atomic E-state index is 12.5. The van der Waals surface area contributed by atoms with Crippen molar-refractivity contribution in [1.82, 2.24) is 20.0 Å². The van der Waals surface area contributed by atoms with Gasteiger partial charge in [-0.1, -0.05) is 11.6 Å². The summed E-state index contributed by atoms with van der Waals surface area (Å²) in [5.41, 5.74) is 0.0882. The summed E-state index contributed by atoms with van der Waals surface area (Å²) in [6.45, 7) is 9.99. The second kappa shape index (κ2) is 8.76. The van der Waals surface area contributed by atoms with E-state index in [2.05, 4.69) is 35.2 Å². The van der Waals surface area contributed by atoms with Crippen LogP contribution in [-0.2, 0) is 16.1 Å². The summed E-state index contributed by atoms with van der Waals surface area (Å²) in [5.74, 6) is -0.0601. The van der Waals surface area contributed by atoms with Crippen LogP contribution in [0, 0.1) is 0 Å². The van der Waals surface area contributed by atoms with Crippen LogP contribution in [0.1, 0.15) is 46.5 Å². The van der Waals surface area contributed by atoms with Crippen molar-refractivity contribution in [3.8, 4) is 0 Å². The van der Waals surface area contributed by atoms with Crippen LogP contribution in [0.15, 0.2) is 30.1 Å². The molecule has 0 saturated carbocycles. The van der Waals surface area contributed by atoms with Gasteiger partial charge in [-0.15, -0.1) is 0 Å². The molecule has 0 unspecified atom stereocenters. The van der Waals surface area contributed by atoms with Gasteiger partial charge >= 0.3 is 0 Å². The zero-order valence-electron chi connectivity index (χ0n) is 17.4. The molecule has 3 rings (SSSR count). The first-order chi connectivity index (χ1) is 13.3. The van der Waals surface area contributed by atoms with Gasteiger partial charge in [-0.3, -0.25) is 14.4 Å². The lowest BCUT2D eigenvalue weighted by Crippen LogP contribution is -2.69. The van der Waals surface area contributed by atoms with Gasteiger partial charge in [0.15, 0.2) is 0 Å². The SMILES string of the molecule is CC(C)=CCN1CCC2(CC1)OCC[C@@](C)(NC(=O)CCn1cccn1)[C@@H]2O. The molecule has 7 heteroatoms. The van der Waals surface area contributed by atoms with Gasteiger partial charge in [0, 0.05) is 51.6 Å². The van der Waals surface area contributed by atoms with Gasteiger partial charge in [-0.05, 0) is 46.1 Å². The lowest BCUT2D eigenvalue weighted by Gasteiger charge is -2.53. The highest BCUT2D eigenvalue weighted by Gasteiger charge is 2.53. The molecule has 1 aromatic heterocycles. The number of aliphatic hydroxyl groups excluding tert-OH is 1. The quantitative estimate of drug-likeness (QED) is 0.723. The number of likely N-dealkylation sites (tertiary alicyclic amines) is 1. The average molecular weight is 391 g/mol. The molecule has 28 heavy (non-hydrogen) atoms. The van der Waals surface area contributed by atoms with Crippen molar-refractivity contribution in [3.63, 3.8) is 0 Å². The van der Waals surface area contributed by atoms with Crippen LogP contribution in [0.2, 0.25) is 0 Å². The fourth-order valence-corrected chi connectivity index (χ4v) is 4.27. The number of hydrogen-bond donors (Lipinski definition) is 2. The number of hydrogen-bond acceptors (Lipinski definition) is 5. The van der Waals surface area contributed by atoms with Crippen LogP contribution < -0.4 is 5.32 Å². The van der Waals surface area contributed by atoms with Gasteiger partial charge in [0.05, 0.1) is 11.1 Å². The van der Waals surface area contributed by atoms with Crippen molar-refractivity contribution in [3.05, 3.63) is 30.1 Å². The normalized spacial score (nSPS) is 27.5. The highest BCUT2D eigenvalue weighted by molar-refractivity contribution is 5.76. The summed E-state index contributed by atoms with van der Waals surface area (Å²) in [7, 11) is 0. The number of aryl methyl sites for hydroxylation is 1. The Kier molecular flexibility index (Phi) is 6.58. The molecule has 1 spiro atoms. The zero-order valence-corrected chi connectivity index (χ0v) is 17.4. The molecule has 0 bridgehead atoms. The van der Waals surface area contributed by atoms with Crippen molar-refractivity contribution in [2.24, 2.45) is 0 Å². The Bertz CT molecular complexity index is 676. The largest absolute Gasteiger partial charge is 0.388 e. The lowest BCUT2D eigenvalue weighted by molar-refractivity contribution is -0.207. The molecule has 1 aromatic rings. The van der Waals surface area contributed by atoms with Gasteiger partial charge in [-0.25, -0.2) is 0 Å². The maximum atomic E-state index is 12.5. The number of aromatic nitrogens is 2. The van der Waals surface area contributed by atoms with Crippen LogP contribution in [0.5, 0.6) is 0 Å². The highest BCUT2D eigenvalue weighted by Crippen LogP contribution is 2.40. The molecule has 0 aliphatic carbocycles. The summed E-state index contributed by atoms with van der Waals surface area (Å²) >= 11 is 0. The first-order valence-electron chi connectivity index (χ1n) is 10.3. The number of carbonyl (C=O) groups is 1. The number of amides is 1. The van der Waals surface area contributed by atoms with Crippen molar-refractivity contribution in [1.29, 1.82) is 0 Å². The summed E-state index contributed by atoms with van der Waals surface area (Å²) in [6, 6.07) is 1.84. The first kappa shape index (κ1) is 21.0. The molecule has 0 aromatic carbocycles. The molecule has 156 valence electrons. The lowest BCUT2D eigenvalue weighted by atomic mass is 9.73. The van der Waals surface area contributed by atoms with Crippen LogP contribution >= 0.6 is 0 Å². The molecule has 1 amide bonds. The Morgan fingerprint density at radius 2 is 2.11 bits per heavy atom. The summed E-state index contributed by atoms with van der Waals surface area (Å²) < 4.78 is 7.87. The van der Waals surface area contributed by atoms with Gasteiger partial charge in [0.1, 0.15) is 6.10 Å². The Morgan fingerprint density at radius 1 is 1.36 bits per heavy atom. The van der Waals surface area contributed by atoms with E-state index in [9.17, 15) is 9.90 Å². The Balaban J connectivity index is 1.57. The minimum atomic E-state index is -0.715. The Morgan fingerprint density at radius 3 is 2.75 bits per heavy atom. The number of aliphatic hydroxyl groups is 1. The average Bonchev–Trinajstić information content (AvgIpc) is 3.18. The predicted molar refractivity (Wildman–Crippen MR) is 108 cm³/mol. The number of rotatable bonds is 6. The molecule has 7 nitrogen and oxygen atoms in total. The number of carbonyl (C=O) groups excluding carboxylic acids is 1. The minimum absolute atomic E-state index is 0.0601. The van der Waals surface area contributed by atoms with Crippen molar-refractivity contribution in [2.45, 2.75) is 70.2 Å². The number of nitrogens with one attached hydrogen (secondary N) is 1. The van der Waals surface area contributed by atoms with E-state index in [1.54, 1.807) is 10.9 Å². The van der Waals surface area contributed by atoms with E-state index in [4.69, 9.17) is 4.74 Å². The third-order valence-electron chi connectivity index (χ3n) is 6.13. The summed E-state index contributed by atoms with van der Waals surface area (Å²) in [6.07, 6.45) is 7.59. The zero-order chi connectivity index (χ0) is 20.2. The fraction of sp³-hybridized carbons (Fsp3) is 0.714. The highest BCUT2D eigenvalue weighted by atomic mass is 16.5. The van der Waals surface area contributed by atoms with Crippen LogP contribution in [-0.4, -0.2) is 69.2 Å². The second-order valence-corrected chi connectivity index (χ2v) is 8.63. The number of allylic oxidation sites excluding steroid dienone is 1. The molecule has 2 atom stereocenters. The first-order valence-corrected chi connectivity index (χ1v) is 10.3. The molecule has 2 N–H and O–H groups in total. The summed E-state index contributed by atoms with van der Waals surface area (Å²) in [4.78, 5) is 14.9. The molecule has 2 saturated heterocycles. The molecular weight excluding hydrogens is 356 g/mol. The Hall–Kier alpha value is -1.70. The Labute approximate surface area is 167 Å². The second-order valence-electron chi connectivity index (χ2n) is 8.63. The van der Waals surface area contributed by atoms with E-state index >= 15 is 0 Å². The standard InChI is InChI=1S/C21H34N4O3/c1-17(2)5-12-24-14-7-21(8-15-24)19(27)20(3,9-16-28-21)23-18(26)6-13-25-11-4-10-22-25/h4-5,10-11,19,27H,6-9,12-16H2,1-3H3,(H,23,26)/t19-,20+/m0/s1. The van der Waals surface area contributed by atoms with Gasteiger partial charge in [0.2, 0.25) is 5.91 Å². The van der Waals surface area contributed by atoms with Crippen molar-refractivity contribution < 1.29 is 14.6 Å². The van der Waals surface area contributed by atoms with Crippen LogP contribution in [0.3, 0.4) is 0 Å². The smallest absolute Gasteiger partial charge is 0.222 e. The van der Waals surface area contributed by atoms with E-state index in [-0.39, 0.29) is 5.91 Å². The predicted octanol–water partition coefficient (Wildman–Crippen LogP) is 1.73. The molecule has 2 aliphatic heterocycles. The number of ether oxygens (including phenoxy) is 1. The number of piperidine rings is 1. The monoisotopic (exact) mass is 390 g/mol. The molecule has 3 heterocycles. The third kappa shape index (κ3) is 4.82. The molecule has 0 radical (unpaired) electrons. The maximum Gasteiger partial charge on any atom is 0.222 e. The van der Waals surface area contributed by atoms with E-state index in [1.807, 2.05) is 19.2 Å². The van der Waals surface area contributed by atoms with E-state index in [0.717, 1.165) is 32.5 Å². The van der Waals surface area contributed by atoms with E-state index in [1.165, 1.54) is 5.57 Å². The van der Waals surface area contributed by atoms with Crippen molar-refractivity contribution in [2.75, 3.05) is 26.2 Å². The van der Waals surface area contributed by atoms with Crippen LogP contribution in [0.25, 0.3) is 0 Å². The molecule has 2 aliphatic rings. The van der Waals surface area contributed by atoms with Gasteiger partial charge in [0.25, 0.3) is 0 Å². The fourth-order valence-electron chi connectivity index (χ4n) is 4.27. The number of nitrogens with zero attached hydrogens (tertiary/aromatic N) is 3. The van der Waals surface area contributed by atoms with Gasteiger partial charge < -0.3 is 15.2 Å². The van der Waals surface area contributed by atoms with E-state index < -0.39 is 17.2 Å². The van der Waals surface area contributed by atoms with Crippen LogP contribution in [0.4, 0.5) is 0 Å². The topological polar surface area (TPSA) is 79.6 Å². The van der Waals surface area contributed by atoms with E-state index in [0.29, 0.717) is 26.0 Å². The molecular formula is C21H34N4O3. The van der Waals surface area contributed by atoms with Gasteiger partial charge in [-0.2, -0.15) is 5.10 Å². The van der Waals surface area contributed by atoms with Crippen molar-refractivity contribution >= 4 is 5.91 Å². The third-order valence-corrected chi connectivity index (χ3v) is 6.13. The summed E-state index contributed by atoms with van der Waals surface area (Å²) in [5, 5.41) is 18.4. The minimum Gasteiger partial charge on any atom is -0.388 e.